The first-order valence-electron chi connectivity index (χ1n) is 7.28. The molecule has 3 rings (SSSR count). The van der Waals surface area contributed by atoms with E-state index in [1.54, 1.807) is 11.3 Å². The van der Waals surface area contributed by atoms with Gasteiger partial charge in [-0.15, -0.1) is 0 Å². The number of likely N-dealkylation sites (tertiary alicyclic amines) is 2. The van der Waals surface area contributed by atoms with Crippen LogP contribution in [0.5, 0.6) is 0 Å². The third kappa shape index (κ3) is 2.14. The predicted molar refractivity (Wildman–Crippen MR) is 78.8 cm³/mol. The molecule has 0 aromatic carbocycles. The summed E-state index contributed by atoms with van der Waals surface area (Å²) in [5.74, 6) is 0.286. The topological polar surface area (TPSA) is 40.6 Å². The van der Waals surface area contributed by atoms with Gasteiger partial charge < -0.3 is 9.80 Å². The van der Waals surface area contributed by atoms with Crippen molar-refractivity contribution < 1.29 is 9.59 Å². The van der Waals surface area contributed by atoms with E-state index in [2.05, 4.69) is 0 Å². The summed E-state index contributed by atoms with van der Waals surface area (Å²) in [6.07, 6.45) is 3.60. The van der Waals surface area contributed by atoms with Crippen molar-refractivity contribution in [2.24, 2.45) is 0 Å². The highest BCUT2D eigenvalue weighted by Gasteiger charge is 2.49. The summed E-state index contributed by atoms with van der Waals surface area (Å²) >= 11 is 1.54. The molecular weight excluding hydrogens is 272 g/mol. The fourth-order valence-corrected chi connectivity index (χ4v) is 4.11. The molecule has 5 heteroatoms. The fourth-order valence-electron chi connectivity index (χ4n) is 3.48. The molecule has 2 fully saturated rings. The molecule has 2 amide bonds. The molecule has 20 heavy (non-hydrogen) atoms. The minimum Gasteiger partial charge on any atom is -0.341 e. The van der Waals surface area contributed by atoms with Gasteiger partial charge in [-0.2, -0.15) is 11.3 Å². The van der Waals surface area contributed by atoms with Crippen molar-refractivity contribution in [3.63, 3.8) is 0 Å². The Kier molecular flexibility index (Phi) is 3.54. The van der Waals surface area contributed by atoms with Gasteiger partial charge in [-0.3, -0.25) is 9.59 Å². The number of hydrogen-bond acceptors (Lipinski definition) is 3. The van der Waals surface area contributed by atoms with Crippen LogP contribution in [-0.4, -0.2) is 46.8 Å². The number of carbonyl (C=O) groups excluding carboxylic acids is 2. The van der Waals surface area contributed by atoms with Crippen molar-refractivity contribution in [1.82, 2.24) is 9.80 Å². The van der Waals surface area contributed by atoms with Crippen molar-refractivity contribution in [3.8, 4) is 0 Å². The molecule has 1 aromatic heterocycles. The molecule has 2 aliphatic rings. The van der Waals surface area contributed by atoms with E-state index >= 15 is 0 Å². The van der Waals surface area contributed by atoms with E-state index in [4.69, 9.17) is 0 Å². The summed E-state index contributed by atoms with van der Waals surface area (Å²) < 4.78 is 0. The van der Waals surface area contributed by atoms with Crippen molar-refractivity contribution in [2.45, 2.75) is 38.1 Å². The zero-order valence-corrected chi connectivity index (χ0v) is 12.6. The first-order chi connectivity index (χ1) is 9.66. The molecule has 3 heterocycles. The van der Waals surface area contributed by atoms with E-state index in [-0.39, 0.29) is 17.4 Å². The second-order valence-corrected chi connectivity index (χ2v) is 6.51. The Balaban J connectivity index is 1.88. The zero-order chi connectivity index (χ0) is 14.2. The monoisotopic (exact) mass is 292 g/mol. The third-order valence-electron chi connectivity index (χ3n) is 4.56. The van der Waals surface area contributed by atoms with Crippen LogP contribution in [0.2, 0.25) is 0 Å². The highest BCUT2D eigenvalue weighted by Crippen LogP contribution is 2.38. The molecule has 2 aliphatic heterocycles. The Labute approximate surface area is 123 Å². The third-order valence-corrected chi connectivity index (χ3v) is 5.24. The highest BCUT2D eigenvalue weighted by molar-refractivity contribution is 7.08. The van der Waals surface area contributed by atoms with Crippen molar-refractivity contribution in [3.05, 3.63) is 22.4 Å². The van der Waals surface area contributed by atoms with Crippen LogP contribution in [0.15, 0.2) is 16.8 Å². The summed E-state index contributed by atoms with van der Waals surface area (Å²) in [5, 5.41) is 3.83. The Morgan fingerprint density at radius 1 is 1.45 bits per heavy atom. The maximum atomic E-state index is 12.7. The maximum absolute atomic E-state index is 12.7. The van der Waals surface area contributed by atoms with Gasteiger partial charge in [-0.05, 0) is 37.6 Å². The van der Waals surface area contributed by atoms with Crippen LogP contribution in [0, 0.1) is 0 Å². The molecule has 0 bridgehead atoms. The van der Waals surface area contributed by atoms with Crippen molar-refractivity contribution in [1.29, 1.82) is 0 Å². The van der Waals surface area contributed by atoms with Crippen LogP contribution in [0.4, 0.5) is 0 Å². The molecule has 108 valence electrons. The van der Waals surface area contributed by atoms with Gasteiger partial charge in [-0.25, -0.2) is 0 Å². The Hall–Kier alpha value is -1.36. The number of rotatable bonds is 2. The van der Waals surface area contributed by atoms with Crippen LogP contribution >= 0.6 is 11.3 Å². The molecule has 4 nitrogen and oxygen atoms in total. The Bertz CT molecular complexity index is 514. The second kappa shape index (κ2) is 5.20. The zero-order valence-electron chi connectivity index (χ0n) is 11.8. The van der Waals surface area contributed by atoms with Gasteiger partial charge in [0, 0.05) is 25.0 Å². The van der Waals surface area contributed by atoms with E-state index in [9.17, 15) is 9.59 Å². The smallest absolute Gasteiger partial charge is 0.255 e. The molecule has 0 unspecified atom stereocenters. The predicted octanol–water partition coefficient (Wildman–Crippen LogP) is 2.37. The Morgan fingerprint density at radius 3 is 2.95 bits per heavy atom. The quantitative estimate of drug-likeness (QED) is 0.839. The normalized spacial score (nSPS) is 26.6. The second-order valence-electron chi connectivity index (χ2n) is 5.73. The molecular formula is C15H20N2O2S. The minimum absolute atomic E-state index is 0.0942. The van der Waals surface area contributed by atoms with Gasteiger partial charge in [0.15, 0.2) is 0 Å². The van der Waals surface area contributed by atoms with Crippen LogP contribution in [0.1, 0.15) is 43.0 Å². The van der Waals surface area contributed by atoms with E-state index in [0.29, 0.717) is 13.0 Å². The van der Waals surface area contributed by atoms with E-state index in [1.807, 2.05) is 33.6 Å². The SMILES string of the molecule is CCN1C[C@@]2(CCCCN2C(=O)c2ccsc2)CC1=O. The standard InChI is InChI=1S/C15H20N2O2S/c1-2-16-11-15(9-13(16)18)6-3-4-7-17(15)14(19)12-5-8-20-10-12/h5,8,10H,2-4,6-7,9,11H2,1H3/t15-/m1/s1. The Morgan fingerprint density at radius 2 is 2.30 bits per heavy atom. The van der Waals surface area contributed by atoms with Gasteiger partial charge in [0.25, 0.3) is 5.91 Å². The van der Waals surface area contributed by atoms with Gasteiger partial charge in [-0.1, -0.05) is 0 Å². The average molecular weight is 292 g/mol. The number of hydrogen-bond donors (Lipinski definition) is 0. The summed E-state index contributed by atoms with van der Waals surface area (Å²) in [6, 6.07) is 1.88. The summed E-state index contributed by atoms with van der Waals surface area (Å²) in [7, 11) is 0. The van der Waals surface area contributed by atoms with Crippen molar-refractivity contribution >= 4 is 23.2 Å². The average Bonchev–Trinajstić information content (AvgIpc) is 3.07. The minimum atomic E-state index is -0.260. The molecule has 0 aliphatic carbocycles. The summed E-state index contributed by atoms with van der Waals surface area (Å²) in [4.78, 5) is 28.7. The van der Waals surface area contributed by atoms with Gasteiger partial charge in [0.1, 0.15) is 0 Å². The van der Waals surface area contributed by atoms with Crippen LogP contribution in [0.3, 0.4) is 0 Å². The molecule has 0 saturated carbocycles. The molecule has 0 radical (unpaired) electrons. The molecule has 2 saturated heterocycles. The van der Waals surface area contributed by atoms with Gasteiger partial charge in [0.2, 0.25) is 5.91 Å². The van der Waals surface area contributed by atoms with Crippen molar-refractivity contribution in [2.75, 3.05) is 19.6 Å². The number of nitrogens with zero attached hydrogens (tertiary/aromatic N) is 2. The van der Waals surface area contributed by atoms with Crippen LogP contribution < -0.4 is 0 Å². The first-order valence-corrected chi connectivity index (χ1v) is 8.22. The lowest BCUT2D eigenvalue weighted by molar-refractivity contribution is -0.127. The molecule has 1 aromatic rings. The number of piperidine rings is 1. The van der Waals surface area contributed by atoms with Crippen LogP contribution in [0.25, 0.3) is 0 Å². The van der Waals surface area contributed by atoms with Crippen LogP contribution in [-0.2, 0) is 4.79 Å². The number of thiophene rings is 1. The largest absolute Gasteiger partial charge is 0.341 e. The lowest BCUT2D eigenvalue weighted by Gasteiger charge is -2.44. The van der Waals surface area contributed by atoms with Gasteiger partial charge >= 0.3 is 0 Å². The lowest BCUT2D eigenvalue weighted by atomic mass is 9.85. The summed E-state index contributed by atoms with van der Waals surface area (Å²) in [5.41, 5.74) is 0.503. The fraction of sp³-hybridized carbons (Fsp3) is 0.600. The highest BCUT2D eigenvalue weighted by atomic mass is 32.1. The number of likely N-dealkylation sites (N-methyl/N-ethyl adjacent to an activating group) is 1. The maximum Gasteiger partial charge on any atom is 0.255 e. The number of amides is 2. The van der Waals surface area contributed by atoms with E-state index in [1.165, 1.54) is 0 Å². The first kappa shape index (κ1) is 13.6. The summed E-state index contributed by atoms with van der Waals surface area (Å²) in [6.45, 7) is 4.23. The van der Waals surface area contributed by atoms with Gasteiger partial charge in [0.05, 0.1) is 17.5 Å². The molecule has 1 atom stereocenters. The van der Waals surface area contributed by atoms with E-state index < -0.39 is 0 Å². The molecule has 1 spiro atoms. The molecule has 0 N–H and O–H groups in total. The lowest BCUT2D eigenvalue weighted by Crippen LogP contribution is -2.56. The number of carbonyl (C=O) groups is 2. The van der Waals surface area contributed by atoms with E-state index in [0.717, 1.165) is 37.9 Å².